The molecule has 0 N–H and O–H groups in total. The number of anilines is 2. The van der Waals surface area contributed by atoms with E-state index in [9.17, 15) is 0 Å². The molecule has 0 saturated carbocycles. The fourth-order valence-corrected chi connectivity index (χ4v) is 3.44. The molecule has 6 nitrogen and oxygen atoms in total. The van der Waals surface area contributed by atoms with E-state index in [4.69, 9.17) is 19.4 Å². The van der Waals surface area contributed by atoms with E-state index in [1.165, 1.54) is 0 Å². The van der Waals surface area contributed by atoms with Crippen molar-refractivity contribution in [1.82, 2.24) is 9.97 Å². The van der Waals surface area contributed by atoms with Crippen LogP contribution < -0.4 is 9.80 Å². The van der Waals surface area contributed by atoms with Gasteiger partial charge in [-0.2, -0.15) is 0 Å². The molecule has 4 rings (SSSR count). The number of morpholine rings is 1. The Morgan fingerprint density at radius 3 is 2.44 bits per heavy atom. The van der Waals surface area contributed by atoms with Crippen molar-refractivity contribution in [3.05, 3.63) is 36.9 Å². The zero-order chi connectivity index (χ0) is 17.1. The number of hydrogen-bond donors (Lipinski definition) is 0. The highest BCUT2D eigenvalue weighted by atomic mass is 16.5. The van der Waals surface area contributed by atoms with Crippen molar-refractivity contribution in [2.75, 3.05) is 55.8 Å². The van der Waals surface area contributed by atoms with Gasteiger partial charge >= 0.3 is 0 Å². The van der Waals surface area contributed by atoms with Crippen LogP contribution in [0.2, 0.25) is 0 Å². The summed E-state index contributed by atoms with van der Waals surface area (Å²) in [6.07, 6.45) is 3.03. The second-order valence-corrected chi connectivity index (χ2v) is 6.44. The molecule has 2 aliphatic rings. The number of fused-ring (bicyclic) bond motifs is 1. The summed E-state index contributed by atoms with van der Waals surface area (Å²) in [7, 11) is 0. The third-order valence-electron chi connectivity index (χ3n) is 4.74. The third kappa shape index (κ3) is 3.45. The molecule has 132 valence electrons. The van der Waals surface area contributed by atoms with Crippen LogP contribution in [0.1, 0.15) is 6.42 Å². The van der Waals surface area contributed by atoms with Crippen LogP contribution in [0.5, 0.6) is 0 Å². The Labute approximate surface area is 148 Å². The second kappa shape index (κ2) is 7.37. The van der Waals surface area contributed by atoms with E-state index in [1.54, 1.807) is 6.08 Å². The summed E-state index contributed by atoms with van der Waals surface area (Å²) < 4.78 is 11.3. The fourth-order valence-electron chi connectivity index (χ4n) is 3.44. The summed E-state index contributed by atoms with van der Waals surface area (Å²) in [6.45, 7) is 9.28. The molecular weight excluding hydrogens is 316 g/mol. The highest BCUT2D eigenvalue weighted by molar-refractivity contribution is 5.81. The molecule has 6 heteroatoms. The molecule has 1 atom stereocenters. The van der Waals surface area contributed by atoms with E-state index < -0.39 is 0 Å². The molecule has 0 amide bonds. The molecule has 1 aromatic heterocycles. The largest absolute Gasteiger partial charge is 0.378 e. The van der Waals surface area contributed by atoms with Crippen LogP contribution in [0.15, 0.2) is 36.9 Å². The lowest BCUT2D eigenvalue weighted by Crippen LogP contribution is -2.38. The van der Waals surface area contributed by atoms with E-state index in [1.807, 2.05) is 24.3 Å². The van der Waals surface area contributed by atoms with Crippen molar-refractivity contribution < 1.29 is 9.47 Å². The van der Waals surface area contributed by atoms with Crippen molar-refractivity contribution >= 4 is 22.7 Å². The first-order valence-corrected chi connectivity index (χ1v) is 8.92. The smallest absolute Gasteiger partial charge is 0.172 e. The van der Waals surface area contributed by atoms with Gasteiger partial charge in [0.05, 0.1) is 37.0 Å². The molecule has 0 bridgehead atoms. The third-order valence-corrected chi connectivity index (χ3v) is 4.74. The van der Waals surface area contributed by atoms with Crippen LogP contribution in [-0.4, -0.2) is 62.1 Å². The zero-order valence-electron chi connectivity index (χ0n) is 14.4. The van der Waals surface area contributed by atoms with Gasteiger partial charge in [-0.3, -0.25) is 0 Å². The first kappa shape index (κ1) is 16.3. The maximum absolute atomic E-state index is 5.84. The number of rotatable bonds is 5. The second-order valence-electron chi connectivity index (χ2n) is 6.44. The molecule has 1 aromatic carbocycles. The lowest BCUT2D eigenvalue weighted by atomic mass is 10.3. The number of nitrogens with zero attached hydrogens (tertiary/aromatic N) is 4. The topological polar surface area (TPSA) is 50.7 Å². The van der Waals surface area contributed by atoms with Crippen LogP contribution in [-0.2, 0) is 9.47 Å². The molecule has 2 aromatic rings. The van der Waals surface area contributed by atoms with Crippen LogP contribution in [0.4, 0.5) is 11.6 Å². The molecule has 3 heterocycles. The Morgan fingerprint density at radius 2 is 1.76 bits per heavy atom. The summed E-state index contributed by atoms with van der Waals surface area (Å²) in [5.74, 6) is 1.93. The van der Waals surface area contributed by atoms with Gasteiger partial charge in [0.25, 0.3) is 0 Å². The van der Waals surface area contributed by atoms with E-state index in [0.717, 1.165) is 68.5 Å². The molecular formula is C19H24N4O2. The number of para-hydroxylation sites is 2. The van der Waals surface area contributed by atoms with Gasteiger partial charge in [-0.1, -0.05) is 18.2 Å². The molecule has 0 radical (unpaired) electrons. The first-order chi connectivity index (χ1) is 12.3. The van der Waals surface area contributed by atoms with Crippen molar-refractivity contribution in [2.24, 2.45) is 0 Å². The maximum Gasteiger partial charge on any atom is 0.172 e. The Bertz CT molecular complexity index is 745. The lowest BCUT2D eigenvalue weighted by Gasteiger charge is -2.31. The predicted molar refractivity (Wildman–Crippen MR) is 99.3 cm³/mol. The van der Waals surface area contributed by atoms with Gasteiger partial charge in [-0.25, -0.2) is 9.97 Å². The Kier molecular flexibility index (Phi) is 4.81. The van der Waals surface area contributed by atoms with Crippen LogP contribution in [0.25, 0.3) is 11.0 Å². The lowest BCUT2D eigenvalue weighted by molar-refractivity contribution is 0.0909. The first-order valence-electron chi connectivity index (χ1n) is 8.92. The number of aromatic nitrogens is 2. The van der Waals surface area contributed by atoms with E-state index >= 15 is 0 Å². The Morgan fingerprint density at radius 1 is 1.08 bits per heavy atom. The van der Waals surface area contributed by atoms with Crippen molar-refractivity contribution in [1.29, 1.82) is 0 Å². The average Bonchev–Trinajstić information content (AvgIpc) is 3.15. The highest BCUT2D eigenvalue weighted by Gasteiger charge is 2.28. The van der Waals surface area contributed by atoms with Crippen molar-refractivity contribution in [3.63, 3.8) is 0 Å². The minimum Gasteiger partial charge on any atom is -0.378 e. The van der Waals surface area contributed by atoms with Gasteiger partial charge in [0.2, 0.25) is 0 Å². The molecule has 0 spiro atoms. The molecule has 0 aliphatic carbocycles. The standard InChI is InChI=1S/C19H24N4O2/c1-2-11-25-15-7-8-23(14-15)19-18(22-9-12-24-13-10-22)20-16-5-3-4-6-17(16)21-19/h2-6,15H,1,7-14H2. The van der Waals surface area contributed by atoms with Crippen LogP contribution in [0, 0.1) is 0 Å². The zero-order valence-corrected chi connectivity index (χ0v) is 14.4. The monoisotopic (exact) mass is 340 g/mol. The van der Waals surface area contributed by atoms with Gasteiger partial charge in [0, 0.05) is 26.2 Å². The van der Waals surface area contributed by atoms with Gasteiger partial charge in [0.15, 0.2) is 11.6 Å². The van der Waals surface area contributed by atoms with E-state index in [-0.39, 0.29) is 6.10 Å². The Hall–Kier alpha value is -2.18. The number of benzene rings is 1. The summed E-state index contributed by atoms with van der Waals surface area (Å²) in [4.78, 5) is 14.5. The average molecular weight is 340 g/mol. The van der Waals surface area contributed by atoms with Crippen LogP contribution >= 0.6 is 0 Å². The summed E-state index contributed by atoms with van der Waals surface area (Å²) >= 11 is 0. The quantitative estimate of drug-likeness (QED) is 0.778. The number of hydrogen-bond acceptors (Lipinski definition) is 6. The van der Waals surface area contributed by atoms with Gasteiger partial charge in [0.1, 0.15) is 0 Å². The predicted octanol–water partition coefficient (Wildman–Crippen LogP) is 2.25. The fraction of sp³-hybridized carbons (Fsp3) is 0.474. The molecule has 2 saturated heterocycles. The van der Waals surface area contributed by atoms with E-state index in [2.05, 4.69) is 16.4 Å². The summed E-state index contributed by atoms with van der Waals surface area (Å²) in [5.41, 5.74) is 1.87. The summed E-state index contributed by atoms with van der Waals surface area (Å²) in [5, 5.41) is 0. The molecule has 2 aliphatic heterocycles. The van der Waals surface area contributed by atoms with Crippen molar-refractivity contribution in [2.45, 2.75) is 12.5 Å². The highest BCUT2D eigenvalue weighted by Crippen LogP contribution is 2.31. The SMILES string of the molecule is C=CCOC1CCN(c2nc3ccccc3nc2N2CCOCC2)C1. The van der Waals surface area contributed by atoms with E-state index in [0.29, 0.717) is 6.61 Å². The maximum atomic E-state index is 5.84. The number of ether oxygens (including phenoxy) is 2. The minimum atomic E-state index is 0.226. The summed E-state index contributed by atoms with van der Waals surface area (Å²) in [6, 6.07) is 8.07. The van der Waals surface area contributed by atoms with Gasteiger partial charge in [-0.05, 0) is 18.6 Å². The molecule has 1 unspecified atom stereocenters. The van der Waals surface area contributed by atoms with Gasteiger partial charge < -0.3 is 19.3 Å². The molecule has 25 heavy (non-hydrogen) atoms. The van der Waals surface area contributed by atoms with Gasteiger partial charge in [-0.15, -0.1) is 6.58 Å². The molecule has 2 fully saturated rings. The van der Waals surface area contributed by atoms with Crippen molar-refractivity contribution in [3.8, 4) is 0 Å². The van der Waals surface area contributed by atoms with Crippen LogP contribution in [0.3, 0.4) is 0 Å². The Balaban J connectivity index is 1.67. The normalized spacial score (nSPS) is 21.0. The minimum absolute atomic E-state index is 0.226.